The number of rotatable bonds is 5. The highest BCUT2D eigenvalue weighted by atomic mass is 16.6. The predicted octanol–water partition coefficient (Wildman–Crippen LogP) is 2.57. The molecule has 1 aromatic carbocycles. The Morgan fingerprint density at radius 1 is 1.29 bits per heavy atom. The van der Waals surface area contributed by atoms with Crippen molar-refractivity contribution in [1.29, 1.82) is 0 Å². The van der Waals surface area contributed by atoms with Crippen molar-refractivity contribution in [2.75, 3.05) is 26.8 Å². The van der Waals surface area contributed by atoms with Crippen LogP contribution in [0.1, 0.15) is 30.3 Å². The molecule has 0 N–H and O–H groups in total. The normalized spacial score (nSPS) is 14.7. The molecular weight excluding hydrogens is 366 g/mol. The van der Waals surface area contributed by atoms with Gasteiger partial charge in [-0.05, 0) is 31.9 Å². The molecule has 1 aliphatic rings. The first-order valence-corrected chi connectivity index (χ1v) is 9.04. The summed E-state index contributed by atoms with van der Waals surface area (Å²) in [5.41, 5.74) is -0.189. The molecule has 9 heteroatoms. The molecule has 9 nitrogen and oxygen atoms in total. The van der Waals surface area contributed by atoms with Gasteiger partial charge in [-0.15, -0.1) is 0 Å². The van der Waals surface area contributed by atoms with Crippen molar-refractivity contribution in [3.05, 3.63) is 40.2 Å². The highest BCUT2D eigenvalue weighted by Crippen LogP contribution is 2.35. The highest BCUT2D eigenvalue weighted by Gasteiger charge is 2.31. The Hall–Kier alpha value is -3.23. The van der Waals surface area contributed by atoms with Crippen LogP contribution in [0.25, 0.3) is 10.8 Å². The number of carbonyl (C=O) groups is 2. The van der Waals surface area contributed by atoms with Gasteiger partial charge in [0.05, 0.1) is 29.9 Å². The van der Waals surface area contributed by atoms with Crippen LogP contribution in [-0.4, -0.2) is 53.5 Å². The van der Waals surface area contributed by atoms with E-state index in [9.17, 15) is 19.7 Å². The monoisotopic (exact) mass is 387 g/mol. The van der Waals surface area contributed by atoms with E-state index in [2.05, 4.69) is 4.98 Å². The number of benzene rings is 1. The van der Waals surface area contributed by atoms with E-state index in [0.29, 0.717) is 43.7 Å². The third-order valence-corrected chi connectivity index (χ3v) is 4.89. The number of carbonyl (C=O) groups excluding carboxylic acids is 2. The SMILES string of the molecule is CCOC(=O)C1CCN(C(=O)c2nccc3c(OC)ccc([N+](=O)[O-])c23)CC1. The molecule has 0 aliphatic carbocycles. The van der Waals surface area contributed by atoms with Crippen molar-refractivity contribution in [2.45, 2.75) is 19.8 Å². The standard InChI is InChI=1S/C19H21N3O6/c1-3-28-19(24)12-7-10-21(11-8-12)18(23)17-16-13(6-9-20-17)15(27-2)5-4-14(16)22(25)26/h4-6,9,12H,3,7-8,10-11H2,1-2H3. The fourth-order valence-electron chi connectivity index (χ4n) is 3.47. The molecule has 1 saturated heterocycles. The number of pyridine rings is 1. The van der Waals surface area contributed by atoms with Crippen LogP contribution in [-0.2, 0) is 9.53 Å². The summed E-state index contributed by atoms with van der Waals surface area (Å²) in [5, 5.41) is 12.1. The number of likely N-dealkylation sites (tertiary alicyclic amines) is 1. The maximum absolute atomic E-state index is 13.1. The van der Waals surface area contributed by atoms with Crippen molar-refractivity contribution in [2.24, 2.45) is 5.92 Å². The summed E-state index contributed by atoms with van der Waals surface area (Å²) in [6.07, 6.45) is 2.41. The first-order chi connectivity index (χ1) is 13.5. The van der Waals surface area contributed by atoms with Crippen molar-refractivity contribution in [3.63, 3.8) is 0 Å². The van der Waals surface area contributed by atoms with Crippen LogP contribution in [0.15, 0.2) is 24.4 Å². The number of fused-ring (bicyclic) bond motifs is 1. The number of ether oxygens (including phenoxy) is 2. The number of hydrogen-bond donors (Lipinski definition) is 0. The van der Waals surface area contributed by atoms with Crippen LogP contribution in [0.5, 0.6) is 5.75 Å². The van der Waals surface area contributed by atoms with Crippen molar-refractivity contribution >= 4 is 28.3 Å². The number of nitrogens with zero attached hydrogens (tertiary/aromatic N) is 3. The van der Waals surface area contributed by atoms with E-state index in [-0.39, 0.29) is 28.7 Å². The molecule has 148 valence electrons. The third kappa shape index (κ3) is 3.60. The average Bonchev–Trinajstić information content (AvgIpc) is 2.72. The van der Waals surface area contributed by atoms with Gasteiger partial charge in [-0.3, -0.25) is 24.7 Å². The highest BCUT2D eigenvalue weighted by molar-refractivity contribution is 6.10. The van der Waals surface area contributed by atoms with E-state index in [1.54, 1.807) is 17.9 Å². The number of amides is 1. The molecule has 0 atom stereocenters. The maximum Gasteiger partial charge on any atom is 0.309 e. The number of nitro groups is 1. The zero-order valence-corrected chi connectivity index (χ0v) is 15.7. The van der Waals surface area contributed by atoms with Crippen molar-refractivity contribution in [1.82, 2.24) is 9.88 Å². The fraction of sp³-hybridized carbons (Fsp3) is 0.421. The largest absolute Gasteiger partial charge is 0.496 e. The maximum atomic E-state index is 13.1. The summed E-state index contributed by atoms with van der Waals surface area (Å²) in [6, 6.07) is 4.40. The third-order valence-electron chi connectivity index (χ3n) is 4.89. The lowest BCUT2D eigenvalue weighted by molar-refractivity contribution is -0.383. The van der Waals surface area contributed by atoms with Gasteiger partial charge in [0.1, 0.15) is 11.4 Å². The second kappa shape index (κ2) is 8.20. The van der Waals surface area contributed by atoms with Gasteiger partial charge in [-0.2, -0.15) is 0 Å². The van der Waals surface area contributed by atoms with Crippen LogP contribution in [0, 0.1) is 16.0 Å². The van der Waals surface area contributed by atoms with Gasteiger partial charge in [0.25, 0.3) is 11.6 Å². The summed E-state index contributed by atoms with van der Waals surface area (Å²) < 4.78 is 10.3. The Morgan fingerprint density at radius 3 is 2.61 bits per heavy atom. The summed E-state index contributed by atoms with van der Waals surface area (Å²) in [4.78, 5) is 41.6. The summed E-state index contributed by atoms with van der Waals surface area (Å²) in [6.45, 7) is 2.80. The fourth-order valence-corrected chi connectivity index (χ4v) is 3.47. The number of esters is 1. The van der Waals surface area contributed by atoms with E-state index in [0.717, 1.165) is 0 Å². The molecule has 0 spiro atoms. The minimum atomic E-state index is -0.535. The molecule has 1 aromatic heterocycles. The Kier molecular flexibility index (Phi) is 5.72. The molecule has 0 bridgehead atoms. The van der Waals surface area contributed by atoms with Gasteiger partial charge in [-0.1, -0.05) is 0 Å². The van der Waals surface area contributed by atoms with E-state index < -0.39 is 10.8 Å². The van der Waals surface area contributed by atoms with E-state index >= 15 is 0 Å². The summed E-state index contributed by atoms with van der Waals surface area (Å²) >= 11 is 0. The molecule has 3 rings (SSSR count). The van der Waals surface area contributed by atoms with Gasteiger partial charge in [-0.25, -0.2) is 0 Å². The molecule has 28 heavy (non-hydrogen) atoms. The van der Waals surface area contributed by atoms with E-state index in [1.807, 2.05) is 0 Å². The zero-order valence-electron chi connectivity index (χ0n) is 15.7. The van der Waals surface area contributed by atoms with Crippen LogP contribution >= 0.6 is 0 Å². The molecule has 2 heterocycles. The molecular formula is C19H21N3O6. The zero-order chi connectivity index (χ0) is 20.3. The number of piperidine rings is 1. The smallest absolute Gasteiger partial charge is 0.309 e. The molecule has 0 saturated carbocycles. The topological polar surface area (TPSA) is 112 Å². The lowest BCUT2D eigenvalue weighted by Crippen LogP contribution is -2.41. The van der Waals surface area contributed by atoms with E-state index in [4.69, 9.17) is 9.47 Å². The van der Waals surface area contributed by atoms with Crippen LogP contribution in [0.4, 0.5) is 5.69 Å². The molecule has 1 aliphatic heterocycles. The Morgan fingerprint density at radius 2 is 2.00 bits per heavy atom. The van der Waals surface area contributed by atoms with Crippen molar-refractivity contribution in [3.8, 4) is 5.75 Å². The molecule has 1 fully saturated rings. The summed E-state index contributed by atoms with van der Waals surface area (Å²) in [5.74, 6) is -0.459. The minimum Gasteiger partial charge on any atom is -0.496 e. The molecule has 0 unspecified atom stereocenters. The van der Waals surface area contributed by atoms with Gasteiger partial charge in [0, 0.05) is 30.7 Å². The number of methoxy groups -OCH3 is 1. The van der Waals surface area contributed by atoms with Gasteiger partial charge < -0.3 is 14.4 Å². The molecule has 2 aromatic rings. The quantitative estimate of drug-likeness (QED) is 0.440. The first-order valence-electron chi connectivity index (χ1n) is 9.04. The second-order valence-electron chi connectivity index (χ2n) is 6.44. The van der Waals surface area contributed by atoms with Crippen LogP contribution < -0.4 is 4.74 Å². The van der Waals surface area contributed by atoms with Crippen molar-refractivity contribution < 1.29 is 24.0 Å². The molecule has 1 amide bonds. The summed E-state index contributed by atoms with van der Waals surface area (Å²) in [7, 11) is 1.46. The van der Waals surface area contributed by atoms with Gasteiger partial charge in [0.2, 0.25) is 0 Å². The average molecular weight is 387 g/mol. The minimum absolute atomic E-state index is 0.0117. The predicted molar refractivity (Wildman–Crippen MR) is 100 cm³/mol. The molecule has 0 radical (unpaired) electrons. The number of hydrogen-bond acceptors (Lipinski definition) is 7. The number of non-ortho nitro benzene ring substituents is 1. The first kappa shape index (κ1) is 19.5. The Balaban J connectivity index is 1.93. The Labute approximate surface area is 161 Å². The van der Waals surface area contributed by atoms with Gasteiger partial charge >= 0.3 is 5.97 Å². The lowest BCUT2D eigenvalue weighted by Gasteiger charge is -2.30. The Bertz CT molecular complexity index is 921. The number of aromatic nitrogens is 1. The second-order valence-corrected chi connectivity index (χ2v) is 6.44. The van der Waals surface area contributed by atoms with E-state index in [1.165, 1.54) is 25.4 Å². The van der Waals surface area contributed by atoms with Crippen LogP contribution in [0.2, 0.25) is 0 Å². The number of nitro benzene ring substituents is 1. The van der Waals surface area contributed by atoms with Gasteiger partial charge in [0.15, 0.2) is 0 Å². The lowest BCUT2D eigenvalue weighted by atomic mass is 9.96. The van der Waals surface area contributed by atoms with Crippen LogP contribution in [0.3, 0.4) is 0 Å².